The van der Waals surface area contributed by atoms with Gasteiger partial charge in [0.2, 0.25) is 0 Å². The van der Waals surface area contributed by atoms with Crippen LogP contribution in [0.5, 0.6) is 5.75 Å². The lowest BCUT2D eigenvalue weighted by Gasteiger charge is -2.38. The van der Waals surface area contributed by atoms with Crippen molar-refractivity contribution in [1.29, 1.82) is 0 Å². The Bertz CT molecular complexity index is 775. The molecule has 0 amide bonds. The topological polar surface area (TPSA) is 18.5 Å². The van der Waals surface area contributed by atoms with E-state index in [0.29, 0.717) is 25.4 Å². The third-order valence-corrected chi connectivity index (χ3v) is 6.78. The van der Waals surface area contributed by atoms with Gasteiger partial charge in [-0.05, 0) is 81.8 Å². The molecule has 1 saturated carbocycles. The smallest absolute Gasteiger partial charge is 0.422 e. The van der Waals surface area contributed by atoms with Crippen molar-refractivity contribution >= 4 is 0 Å². The van der Waals surface area contributed by atoms with Crippen LogP contribution in [0, 0.1) is 23.6 Å². The highest BCUT2D eigenvalue weighted by Crippen LogP contribution is 2.46. The summed E-state index contributed by atoms with van der Waals surface area (Å²) in [7, 11) is 0. The molecule has 2 nitrogen and oxygen atoms in total. The van der Waals surface area contributed by atoms with Crippen LogP contribution in [0.15, 0.2) is 24.8 Å². The molecule has 0 aromatic heterocycles. The maximum absolute atomic E-state index is 14.9. The summed E-state index contributed by atoms with van der Waals surface area (Å²) >= 11 is 0. The van der Waals surface area contributed by atoms with E-state index in [4.69, 9.17) is 4.74 Å². The molecule has 2 fully saturated rings. The van der Waals surface area contributed by atoms with Gasteiger partial charge >= 0.3 is 12.3 Å². The molecule has 180 valence electrons. The molecule has 1 aromatic carbocycles. The third-order valence-electron chi connectivity index (χ3n) is 6.78. The molecule has 2 unspecified atom stereocenters. The first-order valence-electron chi connectivity index (χ1n) is 11.2. The molecule has 0 radical (unpaired) electrons. The summed E-state index contributed by atoms with van der Waals surface area (Å²) in [6.07, 6.45) is -3.74. The minimum absolute atomic E-state index is 0.0112. The maximum Gasteiger partial charge on any atom is 0.422 e. The summed E-state index contributed by atoms with van der Waals surface area (Å²) in [4.78, 5) is 0. The molecule has 2 aliphatic rings. The second kappa shape index (κ2) is 10.1. The summed E-state index contributed by atoms with van der Waals surface area (Å²) in [6, 6.07) is 1.87. The minimum Gasteiger partial charge on any atom is -0.432 e. The normalized spacial score (nSPS) is 27.2. The number of benzene rings is 1. The Morgan fingerprint density at radius 3 is 2.25 bits per heavy atom. The highest BCUT2D eigenvalue weighted by molar-refractivity contribution is 5.41. The van der Waals surface area contributed by atoms with Crippen LogP contribution in [0.1, 0.15) is 63.0 Å². The van der Waals surface area contributed by atoms with Crippen molar-refractivity contribution in [2.45, 2.75) is 76.7 Å². The number of hydrogen-bond donors (Lipinski definition) is 0. The zero-order valence-corrected chi connectivity index (χ0v) is 18.2. The van der Waals surface area contributed by atoms with Crippen molar-refractivity contribution in [3.05, 3.63) is 41.7 Å². The van der Waals surface area contributed by atoms with E-state index in [1.54, 1.807) is 0 Å². The average Bonchev–Trinajstić information content (AvgIpc) is 2.73. The summed E-state index contributed by atoms with van der Waals surface area (Å²) in [5.74, 6) is -3.36. The van der Waals surface area contributed by atoms with Crippen LogP contribution in [-0.4, -0.2) is 18.8 Å². The van der Waals surface area contributed by atoms with Gasteiger partial charge in [-0.15, -0.1) is 6.58 Å². The van der Waals surface area contributed by atoms with Crippen LogP contribution in [0.25, 0.3) is 0 Å². The molecular formula is C24H30F6O2. The van der Waals surface area contributed by atoms with Crippen LogP contribution < -0.4 is 4.74 Å². The van der Waals surface area contributed by atoms with Crippen molar-refractivity contribution in [1.82, 2.24) is 0 Å². The van der Waals surface area contributed by atoms with Crippen LogP contribution in [0.2, 0.25) is 0 Å². The van der Waals surface area contributed by atoms with E-state index >= 15 is 0 Å². The van der Waals surface area contributed by atoms with Crippen molar-refractivity contribution in [2.24, 2.45) is 17.8 Å². The summed E-state index contributed by atoms with van der Waals surface area (Å²) in [5.41, 5.74) is -1.99. The van der Waals surface area contributed by atoms with Gasteiger partial charge in [-0.25, -0.2) is 4.39 Å². The third kappa shape index (κ3) is 5.80. The number of hydrogen-bond acceptors (Lipinski definition) is 2. The molecule has 3 rings (SSSR count). The van der Waals surface area contributed by atoms with E-state index in [1.807, 2.05) is 6.92 Å². The number of rotatable bonds is 7. The van der Waals surface area contributed by atoms with Crippen LogP contribution in [0.3, 0.4) is 0 Å². The Balaban J connectivity index is 1.71. The Kier molecular flexibility index (Phi) is 7.84. The number of aryl methyl sites for hydroxylation is 1. The quantitative estimate of drug-likeness (QED) is 0.306. The first-order valence-corrected chi connectivity index (χ1v) is 11.2. The number of ether oxygens (including phenoxy) is 2. The fraction of sp³-hybridized carbons (Fsp3) is 0.667. The van der Waals surface area contributed by atoms with E-state index in [-0.39, 0.29) is 43.3 Å². The zero-order valence-electron chi connectivity index (χ0n) is 18.2. The molecule has 32 heavy (non-hydrogen) atoms. The first-order chi connectivity index (χ1) is 15.0. The van der Waals surface area contributed by atoms with Crippen molar-refractivity contribution < 1.29 is 35.8 Å². The molecule has 8 heteroatoms. The van der Waals surface area contributed by atoms with Crippen molar-refractivity contribution in [3.63, 3.8) is 0 Å². The van der Waals surface area contributed by atoms with Gasteiger partial charge in [-0.2, -0.15) is 22.0 Å². The van der Waals surface area contributed by atoms with E-state index in [9.17, 15) is 26.3 Å². The molecule has 0 spiro atoms. The maximum atomic E-state index is 14.9. The lowest BCUT2D eigenvalue weighted by molar-refractivity contribution is -0.227. The van der Waals surface area contributed by atoms with Gasteiger partial charge in [0, 0.05) is 0 Å². The molecule has 0 bridgehead atoms. The summed E-state index contributed by atoms with van der Waals surface area (Å²) in [5, 5.41) is 0. The Morgan fingerprint density at radius 1 is 1.03 bits per heavy atom. The van der Waals surface area contributed by atoms with Gasteiger partial charge in [-0.1, -0.05) is 12.1 Å². The van der Waals surface area contributed by atoms with Crippen LogP contribution >= 0.6 is 0 Å². The molecule has 1 aromatic rings. The molecule has 1 saturated heterocycles. The molecule has 1 aliphatic carbocycles. The van der Waals surface area contributed by atoms with E-state index in [0.717, 1.165) is 25.0 Å². The lowest BCUT2D eigenvalue weighted by Crippen LogP contribution is -2.39. The number of alkyl halides is 5. The lowest BCUT2D eigenvalue weighted by atomic mass is 9.73. The minimum atomic E-state index is -5.16. The van der Waals surface area contributed by atoms with E-state index < -0.39 is 35.3 Å². The van der Waals surface area contributed by atoms with Crippen LogP contribution in [-0.2, 0) is 17.3 Å². The van der Waals surface area contributed by atoms with Gasteiger partial charge in [-0.3, -0.25) is 0 Å². The van der Waals surface area contributed by atoms with Crippen molar-refractivity contribution in [3.8, 4) is 5.75 Å². The van der Waals surface area contributed by atoms with Gasteiger partial charge in [0.1, 0.15) is 17.1 Å². The zero-order chi connectivity index (χ0) is 23.5. The van der Waals surface area contributed by atoms with Crippen molar-refractivity contribution in [2.75, 3.05) is 6.61 Å². The molecule has 2 atom stereocenters. The van der Waals surface area contributed by atoms with Gasteiger partial charge in [0.05, 0.1) is 18.6 Å². The highest BCUT2D eigenvalue weighted by Gasteiger charge is 2.47. The Hall–Kier alpha value is -1.70. The fourth-order valence-corrected chi connectivity index (χ4v) is 4.83. The second-order valence-electron chi connectivity index (χ2n) is 8.99. The largest absolute Gasteiger partial charge is 0.432 e. The molecule has 1 heterocycles. The number of allylic oxidation sites excluding steroid dienone is 1. The van der Waals surface area contributed by atoms with E-state index in [1.165, 1.54) is 6.08 Å². The van der Waals surface area contributed by atoms with Gasteiger partial charge in [0.15, 0.2) is 0 Å². The Labute approximate surface area is 185 Å². The highest BCUT2D eigenvalue weighted by atomic mass is 19.4. The standard InChI is InChI=1S/C24H30F6O2/c1-3-4-5-17-10-13-20(21(22(17)25)23(26,27)28)32-24(29,30)19-11-8-16(9-12-19)18-7-6-15(2)31-14-18/h3,10,13,15-16,18-19H,1,4-9,11-12,14H2,2H3. The predicted octanol–water partition coefficient (Wildman–Crippen LogP) is 7.56. The first kappa shape index (κ1) is 24.9. The predicted molar refractivity (Wildman–Crippen MR) is 109 cm³/mol. The second-order valence-corrected chi connectivity index (χ2v) is 8.99. The average molecular weight is 464 g/mol. The fourth-order valence-electron chi connectivity index (χ4n) is 4.83. The molecular weight excluding hydrogens is 434 g/mol. The van der Waals surface area contributed by atoms with Gasteiger partial charge in [0.25, 0.3) is 0 Å². The molecule has 1 aliphatic heterocycles. The van der Waals surface area contributed by atoms with Crippen LogP contribution in [0.4, 0.5) is 26.3 Å². The van der Waals surface area contributed by atoms with Gasteiger partial charge < -0.3 is 9.47 Å². The number of halogens is 6. The SMILES string of the molecule is C=CCCc1ccc(OC(F)(F)C2CCC(C3CCC(C)OC3)CC2)c(C(F)(F)F)c1F. The summed E-state index contributed by atoms with van der Waals surface area (Å²) < 4.78 is 95.1. The van der Waals surface area contributed by atoms with E-state index in [2.05, 4.69) is 11.3 Å². The summed E-state index contributed by atoms with van der Waals surface area (Å²) in [6.45, 7) is 6.09. The molecule has 0 N–H and O–H groups in total. The Morgan fingerprint density at radius 2 is 1.69 bits per heavy atom. The monoisotopic (exact) mass is 464 g/mol.